The highest BCUT2D eigenvalue weighted by Crippen LogP contribution is 2.19. The number of nitrogens with zero attached hydrogens (tertiary/aromatic N) is 1. The molecule has 1 aromatic heterocycles. The highest BCUT2D eigenvalue weighted by Gasteiger charge is 2.15. The molecule has 0 radical (unpaired) electrons. The van der Waals surface area contributed by atoms with Crippen LogP contribution in [-0.2, 0) is 0 Å². The molecular weight excluding hydrogens is 226 g/mol. The van der Waals surface area contributed by atoms with Gasteiger partial charge in [0.2, 0.25) is 0 Å². The van der Waals surface area contributed by atoms with Gasteiger partial charge >= 0.3 is 0 Å². The molecule has 0 spiro atoms. The van der Waals surface area contributed by atoms with Crippen LogP contribution < -0.4 is 11.3 Å². The lowest BCUT2D eigenvalue weighted by molar-refractivity contribution is 0.758. The van der Waals surface area contributed by atoms with Crippen LogP contribution in [0.3, 0.4) is 0 Å². The molecule has 0 atom stereocenters. The van der Waals surface area contributed by atoms with Gasteiger partial charge in [-0.1, -0.05) is 26.0 Å². The van der Waals surface area contributed by atoms with E-state index in [1.807, 2.05) is 45.9 Å². The second-order valence-electron chi connectivity index (χ2n) is 5.02. The molecular formula is C14H19N3O. The van der Waals surface area contributed by atoms with E-state index in [-0.39, 0.29) is 11.5 Å². The van der Waals surface area contributed by atoms with Gasteiger partial charge in [0.05, 0.1) is 11.4 Å². The second-order valence-corrected chi connectivity index (χ2v) is 5.02. The molecule has 0 fully saturated rings. The van der Waals surface area contributed by atoms with Gasteiger partial charge in [-0.05, 0) is 37.0 Å². The van der Waals surface area contributed by atoms with Crippen molar-refractivity contribution in [2.45, 2.75) is 33.6 Å². The highest BCUT2D eigenvalue weighted by molar-refractivity contribution is 5.49. The average molecular weight is 245 g/mol. The number of nitrogens with two attached hydrogens (primary N) is 1. The van der Waals surface area contributed by atoms with Crippen LogP contribution in [0.15, 0.2) is 23.0 Å². The highest BCUT2D eigenvalue weighted by atomic mass is 16.1. The summed E-state index contributed by atoms with van der Waals surface area (Å²) in [5, 5.41) is 3.11. The maximum atomic E-state index is 12.2. The maximum Gasteiger partial charge on any atom is 0.294 e. The summed E-state index contributed by atoms with van der Waals surface area (Å²) in [6.45, 7) is 8.00. The first-order valence-corrected chi connectivity index (χ1v) is 6.10. The van der Waals surface area contributed by atoms with Gasteiger partial charge in [0.15, 0.2) is 0 Å². The summed E-state index contributed by atoms with van der Waals surface area (Å²) < 4.78 is 1.53. The molecule has 1 heterocycles. The van der Waals surface area contributed by atoms with Gasteiger partial charge in [-0.15, -0.1) is 0 Å². The fraction of sp³-hybridized carbons (Fsp3) is 0.357. The zero-order chi connectivity index (χ0) is 13.4. The topological polar surface area (TPSA) is 63.8 Å². The standard InChI is InChI=1S/C14H19N3O/c1-8(2)13-12(15)14(18)17(16-13)11-7-9(3)5-6-10(11)4/h5-8,16H,15H2,1-4H3. The first-order valence-electron chi connectivity index (χ1n) is 6.10. The van der Waals surface area contributed by atoms with Crippen molar-refractivity contribution in [2.75, 3.05) is 5.73 Å². The van der Waals surface area contributed by atoms with Crippen LogP contribution in [-0.4, -0.2) is 9.78 Å². The number of benzene rings is 1. The Hall–Kier alpha value is -1.97. The molecule has 4 nitrogen and oxygen atoms in total. The van der Waals surface area contributed by atoms with Crippen molar-refractivity contribution < 1.29 is 0 Å². The number of aryl methyl sites for hydroxylation is 2. The van der Waals surface area contributed by atoms with E-state index in [0.29, 0.717) is 5.69 Å². The molecule has 0 unspecified atom stereocenters. The Morgan fingerprint density at radius 1 is 1.28 bits per heavy atom. The van der Waals surface area contributed by atoms with E-state index < -0.39 is 0 Å². The minimum Gasteiger partial charge on any atom is -0.393 e. The Bertz CT molecular complexity index is 635. The number of H-pyrrole nitrogens is 1. The molecule has 0 aliphatic heterocycles. The summed E-state index contributed by atoms with van der Waals surface area (Å²) in [5.41, 5.74) is 9.81. The minimum atomic E-state index is -0.174. The molecule has 0 aliphatic carbocycles. The normalized spacial score (nSPS) is 11.2. The van der Waals surface area contributed by atoms with E-state index in [4.69, 9.17) is 5.73 Å². The molecule has 4 heteroatoms. The number of rotatable bonds is 2. The molecule has 3 N–H and O–H groups in total. The molecule has 2 rings (SSSR count). The van der Waals surface area contributed by atoms with E-state index in [1.54, 1.807) is 0 Å². The van der Waals surface area contributed by atoms with Crippen LogP contribution in [0.4, 0.5) is 5.69 Å². The molecule has 2 aromatic rings. The molecule has 0 amide bonds. The van der Waals surface area contributed by atoms with Crippen LogP contribution in [0.2, 0.25) is 0 Å². The smallest absolute Gasteiger partial charge is 0.294 e. The first-order chi connectivity index (χ1) is 8.41. The van der Waals surface area contributed by atoms with Crippen molar-refractivity contribution in [3.8, 4) is 5.69 Å². The third kappa shape index (κ3) is 1.94. The van der Waals surface area contributed by atoms with Crippen molar-refractivity contribution in [1.82, 2.24) is 9.78 Å². The monoisotopic (exact) mass is 245 g/mol. The van der Waals surface area contributed by atoms with E-state index in [1.165, 1.54) is 4.68 Å². The SMILES string of the molecule is Cc1ccc(C)c(-n2[nH]c(C(C)C)c(N)c2=O)c1. The average Bonchev–Trinajstić information content (AvgIpc) is 2.60. The minimum absolute atomic E-state index is 0.174. The summed E-state index contributed by atoms with van der Waals surface area (Å²) >= 11 is 0. The van der Waals surface area contributed by atoms with Crippen molar-refractivity contribution in [1.29, 1.82) is 0 Å². The summed E-state index contributed by atoms with van der Waals surface area (Å²) in [5.74, 6) is 0.198. The summed E-state index contributed by atoms with van der Waals surface area (Å²) in [6.07, 6.45) is 0. The van der Waals surface area contributed by atoms with Crippen LogP contribution in [0, 0.1) is 13.8 Å². The maximum absolute atomic E-state index is 12.2. The van der Waals surface area contributed by atoms with Gasteiger partial charge in [-0.3, -0.25) is 9.89 Å². The lowest BCUT2D eigenvalue weighted by Crippen LogP contribution is -2.17. The molecule has 0 aliphatic rings. The quantitative estimate of drug-likeness (QED) is 0.853. The lowest BCUT2D eigenvalue weighted by atomic mass is 10.1. The van der Waals surface area contributed by atoms with Gasteiger partial charge in [-0.25, -0.2) is 4.68 Å². The second kappa shape index (κ2) is 4.37. The number of aromatic amines is 1. The largest absolute Gasteiger partial charge is 0.393 e. The molecule has 0 bridgehead atoms. The van der Waals surface area contributed by atoms with Gasteiger partial charge in [0, 0.05) is 0 Å². The zero-order valence-corrected chi connectivity index (χ0v) is 11.2. The number of aromatic nitrogens is 2. The fourth-order valence-corrected chi connectivity index (χ4v) is 2.04. The summed E-state index contributed by atoms with van der Waals surface area (Å²) in [4.78, 5) is 12.2. The van der Waals surface area contributed by atoms with Crippen molar-refractivity contribution in [3.05, 3.63) is 45.4 Å². The predicted octanol–water partition coefficient (Wildman–Crippen LogP) is 2.49. The van der Waals surface area contributed by atoms with Gasteiger partial charge in [0.25, 0.3) is 5.56 Å². The summed E-state index contributed by atoms with van der Waals surface area (Å²) in [7, 11) is 0. The Kier molecular flexibility index (Phi) is 3.03. The fourth-order valence-electron chi connectivity index (χ4n) is 2.04. The van der Waals surface area contributed by atoms with Crippen molar-refractivity contribution >= 4 is 5.69 Å². The van der Waals surface area contributed by atoms with E-state index in [0.717, 1.165) is 22.5 Å². The van der Waals surface area contributed by atoms with E-state index in [9.17, 15) is 4.79 Å². The zero-order valence-electron chi connectivity index (χ0n) is 11.2. The van der Waals surface area contributed by atoms with Crippen molar-refractivity contribution in [3.63, 3.8) is 0 Å². The Morgan fingerprint density at radius 2 is 1.94 bits per heavy atom. The van der Waals surface area contributed by atoms with Gasteiger partial charge in [-0.2, -0.15) is 0 Å². The Labute approximate surface area is 106 Å². The van der Waals surface area contributed by atoms with Crippen molar-refractivity contribution in [2.24, 2.45) is 0 Å². The summed E-state index contributed by atoms with van der Waals surface area (Å²) in [6, 6.07) is 6.01. The number of hydrogen-bond donors (Lipinski definition) is 2. The van der Waals surface area contributed by atoms with Gasteiger partial charge < -0.3 is 5.73 Å². The van der Waals surface area contributed by atoms with E-state index >= 15 is 0 Å². The molecule has 0 saturated carbocycles. The molecule has 1 aromatic carbocycles. The third-order valence-corrected chi connectivity index (χ3v) is 3.14. The van der Waals surface area contributed by atoms with E-state index in [2.05, 4.69) is 5.10 Å². The lowest BCUT2D eigenvalue weighted by Gasteiger charge is -2.07. The van der Waals surface area contributed by atoms with Crippen LogP contribution in [0.25, 0.3) is 5.69 Å². The predicted molar refractivity (Wildman–Crippen MR) is 74.4 cm³/mol. The van der Waals surface area contributed by atoms with Crippen LogP contribution in [0.1, 0.15) is 36.6 Å². The number of nitrogens with one attached hydrogen (secondary N) is 1. The first kappa shape index (κ1) is 12.5. The number of anilines is 1. The van der Waals surface area contributed by atoms with Crippen LogP contribution in [0.5, 0.6) is 0 Å². The number of nitrogen functional groups attached to an aromatic ring is 1. The Morgan fingerprint density at radius 3 is 2.50 bits per heavy atom. The van der Waals surface area contributed by atoms with Crippen LogP contribution >= 0.6 is 0 Å². The molecule has 0 saturated heterocycles. The third-order valence-electron chi connectivity index (χ3n) is 3.14. The Balaban J connectivity index is 2.69. The molecule has 18 heavy (non-hydrogen) atoms. The number of hydrogen-bond acceptors (Lipinski definition) is 2. The molecule has 96 valence electrons. The van der Waals surface area contributed by atoms with Gasteiger partial charge in [0.1, 0.15) is 5.69 Å².